The maximum absolute atomic E-state index is 12.2. The molecule has 2 aromatic heterocycles. The highest BCUT2D eigenvalue weighted by Gasteiger charge is 2.12. The number of aryl methyl sites for hydroxylation is 1. The number of carbonyl (C=O) groups is 1. The molecule has 5 nitrogen and oxygen atoms in total. The normalized spacial score (nSPS) is 13.7. The molecule has 138 valence electrons. The number of rotatable bonds is 6. The van der Waals surface area contributed by atoms with Gasteiger partial charge in [0.05, 0.1) is 16.4 Å². The van der Waals surface area contributed by atoms with E-state index in [0.29, 0.717) is 12.8 Å². The second-order valence-electron chi connectivity index (χ2n) is 6.63. The Morgan fingerprint density at radius 2 is 1.89 bits per heavy atom. The minimum Gasteiger partial charge on any atom is -0.372 e. The Morgan fingerprint density at radius 1 is 1.07 bits per heavy atom. The Balaban J connectivity index is 1.29. The largest absolute Gasteiger partial charge is 0.372 e. The van der Waals surface area contributed by atoms with Crippen LogP contribution < -0.4 is 10.2 Å². The van der Waals surface area contributed by atoms with Crippen LogP contribution in [0.25, 0.3) is 11.4 Å². The highest BCUT2D eigenvalue weighted by atomic mass is 32.1. The van der Waals surface area contributed by atoms with Crippen LogP contribution in [0, 0.1) is 0 Å². The third kappa shape index (κ3) is 4.52. The third-order valence-corrected chi connectivity index (χ3v) is 5.58. The summed E-state index contributed by atoms with van der Waals surface area (Å²) in [6.45, 7) is 2.25. The molecule has 1 N–H and O–H groups in total. The van der Waals surface area contributed by atoms with Crippen molar-refractivity contribution in [3.63, 3.8) is 0 Å². The molecule has 3 heterocycles. The van der Waals surface area contributed by atoms with E-state index in [9.17, 15) is 4.79 Å². The number of hydrogen-bond donors (Lipinski definition) is 1. The first kappa shape index (κ1) is 17.7. The Labute approximate surface area is 163 Å². The minimum atomic E-state index is 0.0125. The van der Waals surface area contributed by atoms with E-state index < -0.39 is 0 Å². The number of nitrogens with one attached hydrogen (secondary N) is 1. The second kappa shape index (κ2) is 8.31. The molecule has 0 unspecified atom stereocenters. The molecule has 1 aromatic carbocycles. The molecule has 3 aromatic rings. The fraction of sp³-hybridized carbons (Fsp3) is 0.286. The van der Waals surface area contributed by atoms with Gasteiger partial charge in [-0.2, -0.15) is 0 Å². The first-order valence-electron chi connectivity index (χ1n) is 9.28. The molecule has 1 aliphatic rings. The zero-order valence-electron chi connectivity index (χ0n) is 15.1. The SMILES string of the molecule is O=C(CCc1nc(-c2ccccn2)cs1)Nc1ccc(N2CCCC2)cc1. The summed E-state index contributed by atoms with van der Waals surface area (Å²) in [5, 5.41) is 5.92. The molecule has 0 spiro atoms. The maximum Gasteiger partial charge on any atom is 0.224 e. The molecule has 1 fully saturated rings. The lowest BCUT2D eigenvalue weighted by atomic mass is 10.2. The molecule has 6 heteroatoms. The van der Waals surface area contributed by atoms with Crippen LogP contribution in [-0.2, 0) is 11.2 Å². The van der Waals surface area contributed by atoms with E-state index in [1.807, 2.05) is 35.7 Å². The summed E-state index contributed by atoms with van der Waals surface area (Å²) in [4.78, 5) is 23.5. The van der Waals surface area contributed by atoms with Crippen LogP contribution in [-0.4, -0.2) is 29.0 Å². The van der Waals surface area contributed by atoms with E-state index in [-0.39, 0.29) is 5.91 Å². The van der Waals surface area contributed by atoms with E-state index in [1.165, 1.54) is 18.5 Å². The first-order valence-corrected chi connectivity index (χ1v) is 10.2. The van der Waals surface area contributed by atoms with Crippen molar-refractivity contribution in [3.05, 3.63) is 59.0 Å². The van der Waals surface area contributed by atoms with Crippen LogP contribution >= 0.6 is 11.3 Å². The van der Waals surface area contributed by atoms with Gasteiger partial charge in [-0.05, 0) is 49.2 Å². The first-order chi connectivity index (χ1) is 13.3. The number of nitrogens with zero attached hydrogens (tertiary/aromatic N) is 3. The number of aromatic nitrogens is 2. The van der Waals surface area contributed by atoms with E-state index in [0.717, 1.165) is 35.2 Å². The standard InChI is InChI=1S/C21H22N4OS/c26-20(23-16-6-8-17(9-7-16)25-13-3-4-14-25)10-11-21-24-19(15-27-21)18-5-1-2-12-22-18/h1-2,5-9,12,15H,3-4,10-11,13-14H2,(H,23,26). The lowest BCUT2D eigenvalue weighted by Gasteiger charge is -2.17. The molecule has 1 saturated heterocycles. The van der Waals surface area contributed by atoms with Crippen LogP contribution in [0.5, 0.6) is 0 Å². The molecule has 0 atom stereocenters. The molecule has 1 aliphatic heterocycles. The number of hydrogen-bond acceptors (Lipinski definition) is 5. The highest BCUT2D eigenvalue weighted by molar-refractivity contribution is 7.09. The minimum absolute atomic E-state index is 0.0125. The summed E-state index contributed by atoms with van der Waals surface area (Å²) in [6.07, 6.45) is 5.34. The molecule has 0 saturated carbocycles. The Kier molecular flexibility index (Phi) is 5.44. The Morgan fingerprint density at radius 3 is 2.63 bits per heavy atom. The molecule has 1 amide bonds. The summed E-state index contributed by atoms with van der Waals surface area (Å²) in [5.74, 6) is 0.0125. The van der Waals surface area contributed by atoms with Crippen molar-refractivity contribution in [1.82, 2.24) is 9.97 Å². The van der Waals surface area contributed by atoms with Crippen molar-refractivity contribution >= 4 is 28.6 Å². The average molecular weight is 379 g/mol. The van der Waals surface area contributed by atoms with Gasteiger partial charge in [-0.1, -0.05) is 6.07 Å². The fourth-order valence-corrected chi connectivity index (χ4v) is 4.02. The summed E-state index contributed by atoms with van der Waals surface area (Å²) in [6, 6.07) is 13.9. The summed E-state index contributed by atoms with van der Waals surface area (Å²) in [5.41, 5.74) is 3.81. The van der Waals surface area contributed by atoms with E-state index in [1.54, 1.807) is 17.5 Å². The predicted molar refractivity (Wildman–Crippen MR) is 110 cm³/mol. The summed E-state index contributed by atoms with van der Waals surface area (Å²) in [7, 11) is 0. The van der Waals surface area contributed by atoms with E-state index in [4.69, 9.17) is 0 Å². The molecule has 0 bridgehead atoms. The summed E-state index contributed by atoms with van der Waals surface area (Å²) < 4.78 is 0. The molecule has 0 aliphatic carbocycles. The smallest absolute Gasteiger partial charge is 0.224 e. The van der Waals surface area contributed by atoms with Gasteiger partial charge >= 0.3 is 0 Å². The van der Waals surface area contributed by atoms with Gasteiger partial charge in [-0.15, -0.1) is 11.3 Å². The van der Waals surface area contributed by atoms with Gasteiger partial charge in [0.2, 0.25) is 5.91 Å². The maximum atomic E-state index is 12.2. The van der Waals surface area contributed by atoms with Crippen molar-refractivity contribution in [2.24, 2.45) is 0 Å². The van der Waals surface area contributed by atoms with Crippen molar-refractivity contribution < 1.29 is 4.79 Å². The topological polar surface area (TPSA) is 58.1 Å². The Hall–Kier alpha value is -2.73. The highest BCUT2D eigenvalue weighted by Crippen LogP contribution is 2.23. The van der Waals surface area contributed by atoms with Gasteiger partial charge in [0.1, 0.15) is 0 Å². The van der Waals surface area contributed by atoms with Gasteiger partial charge in [-0.3, -0.25) is 9.78 Å². The monoisotopic (exact) mass is 378 g/mol. The van der Waals surface area contributed by atoms with Gasteiger partial charge in [0.15, 0.2) is 0 Å². The zero-order chi connectivity index (χ0) is 18.5. The van der Waals surface area contributed by atoms with Crippen LogP contribution in [0.2, 0.25) is 0 Å². The lowest BCUT2D eigenvalue weighted by Crippen LogP contribution is -2.17. The summed E-state index contributed by atoms with van der Waals surface area (Å²) >= 11 is 1.57. The predicted octanol–water partition coefficient (Wildman–Crippen LogP) is 4.38. The number of thiazole rings is 1. The quantitative estimate of drug-likeness (QED) is 0.692. The molecule has 27 heavy (non-hydrogen) atoms. The fourth-order valence-electron chi connectivity index (χ4n) is 3.23. The third-order valence-electron chi connectivity index (χ3n) is 4.67. The number of anilines is 2. The zero-order valence-corrected chi connectivity index (χ0v) is 15.9. The molecule has 4 rings (SSSR count). The van der Waals surface area contributed by atoms with Crippen molar-refractivity contribution in [3.8, 4) is 11.4 Å². The average Bonchev–Trinajstić information content (AvgIpc) is 3.40. The second-order valence-corrected chi connectivity index (χ2v) is 7.57. The lowest BCUT2D eigenvalue weighted by molar-refractivity contribution is -0.116. The van der Waals surface area contributed by atoms with Crippen molar-refractivity contribution in [2.75, 3.05) is 23.3 Å². The van der Waals surface area contributed by atoms with E-state index in [2.05, 4.69) is 32.3 Å². The number of carbonyl (C=O) groups excluding carboxylic acids is 1. The van der Waals surface area contributed by atoms with Gasteiger partial charge in [0, 0.05) is 48.9 Å². The molecular weight excluding hydrogens is 356 g/mol. The number of amides is 1. The van der Waals surface area contributed by atoms with Crippen LogP contribution in [0.1, 0.15) is 24.3 Å². The van der Waals surface area contributed by atoms with Gasteiger partial charge in [0.25, 0.3) is 0 Å². The van der Waals surface area contributed by atoms with Crippen LogP contribution in [0.15, 0.2) is 54.0 Å². The van der Waals surface area contributed by atoms with Gasteiger partial charge in [-0.25, -0.2) is 4.98 Å². The number of pyridine rings is 1. The van der Waals surface area contributed by atoms with Gasteiger partial charge < -0.3 is 10.2 Å². The van der Waals surface area contributed by atoms with Crippen molar-refractivity contribution in [2.45, 2.75) is 25.7 Å². The Bertz CT molecular complexity index is 886. The molecular formula is C21H22N4OS. The molecule has 0 radical (unpaired) electrons. The van der Waals surface area contributed by atoms with Crippen LogP contribution in [0.4, 0.5) is 11.4 Å². The van der Waals surface area contributed by atoms with Crippen molar-refractivity contribution in [1.29, 1.82) is 0 Å². The van der Waals surface area contributed by atoms with Crippen LogP contribution in [0.3, 0.4) is 0 Å². The number of benzene rings is 1. The van der Waals surface area contributed by atoms with E-state index >= 15 is 0 Å².